The van der Waals surface area contributed by atoms with Gasteiger partial charge >= 0.3 is 0 Å². The molecule has 1 saturated heterocycles. The number of nitrogens with zero attached hydrogens (tertiary/aromatic N) is 3. The molecule has 1 aliphatic carbocycles. The van der Waals surface area contributed by atoms with Gasteiger partial charge in [-0.1, -0.05) is 13.3 Å². The van der Waals surface area contributed by atoms with Crippen molar-refractivity contribution < 1.29 is 0 Å². The van der Waals surface area contributed by atoms with Crippen molar-refractivity contribution in [3.8, 4) is 0 Å². The summed E-state index contributed by atoms with van der Waals surface area (Å²) in [5.41, 5.74) is 3.80. The lowest BCUT2D eigenvalue weighted by molar-refractivity contribution is 0.568. The molecule has 3 N–H and O–H groups in total. The van der Waals surface area contributed by atoms with Gasteiger partial charge in [0.05, 0.1) is 0 Å². The molecule has 19 heavy (non-hydrogen) atoms. The maximum atomic E-state index is 5.60. The van der Waals surface area contributed by atoms with Crippen molar-refractivity contribution in [2.45, 2.75) is 45.4 Å². The normalized spacial score (nSPS) is 22.9. The zero-order valence-corrected chi connectivity index (χ0v) is 11.8. The average Bonchev–Trinajstić information content (AvgIpc) is 3.17. The smallest absolute Gasteiger partial charge is 0.148 e. The minimum atomic E-state index is 0.552. The fraction of sp³-hybridized carbons (Fsp3) is 0.714. The fourth-order valence-electron chi connectivity index (χ4n) is 2.85. The summed E-state index contributed by atoms with van der Waals surface area (Å²) < 4.78 is 0. The number of aromatic nitrogens is 2. The van der Waals surface area contributed by atoms with E-state index in [0.717, 1.165) is 42.0 Å². The van der Waals surface area contributed by atoms with E-state index < -0.39 is 0 Å². The standard InChI is InChI=1S/C14H23N5/c1-3-10-6-7-19(8-10)14-9(2)12(18-15)16-13(17-14)11-4-5-11/h10-11H,3-8,15H2,1-2H3,(H,16,17,18). The van der Waals surface area contributed by atoms with Crippen LogP contribution in [0.3, 0.4) is 0 Å². The molecule has 104 valence electrons. The van der Waals surface area contributed by atoms with Crippen LogP contribution >= 0.6 is 0 Å². The van der Waals surface area contributed by atoms with E-state index in [4.69, 9.17) is 10.8 Å². The molecule has 2 fully saturated rings. The predicted molar refractivity (Wildman–Crippen MR) is 77.2 cm³/mol. The van der Waals surface area contributed by atoms with Gasteiger partial charge in [-0.15, -0.1) is 0 Å². The molecule has 1 aromatic rings. The van der Waals surface area contributed by atoms with Gasteiger partial charge in [0.1, 0.15) is 17.5 Å². The lowest BCUT2D eigenvalue weighted by atomic mass is 10.1. The summed E-state index contributed by atoms with van der Waals surface area (Å²) in [6, 6.07) is 0. The highest BCUT2D eigenvalue weighted by atomic mass is 15.3. The van der Waals surface area contributed by atoms with Crippen LogP contribution in [-0.2, 0) is 0 Å². The van der Waals surface area contributed by atoms with E-state index in [2.05, 4.69) is 29.2 Å². The quantitative estimate of drug-likeness (QED) is 0.642. The molecular formula is C14H23N5. The van der Waals surface area contributed by atoms with E-state index in [1.807, 2.05) is 0 Å². The molecule has 1 atom stereocenters. The van der Waals surface area contributed by atoms with Gasteiger partial charge in [-0.25, -0.2) is 15.8 Å². The number of hydrogen-bond donors (Lipinski definition) is 2. The number of anilines is 2. The number of nitrogens with one attached hydrogen (secondary N) is 1. The third-order valence-corrected chi connectivity index (χ3v) is 4.38. The first-order chi connectivity index (χ1) is 9.22. The van der Waals surface area contributed by atoms with Crippen LogP contribution in [0.1, 0.15) is 49.9 Å². The Morgan fingerprint density at radius 3 is 2.68 bits per heavy atom. The number of hydrogen-bond acceptors (Lipinski definition) is 5. The van der Waals surface area contributed by atoms with Crippen LogP contribution in [0.5, 0.6) is 0 Å². The SMILES string of the molecule is CCC1CCN(c2nc(C3CC3)nc(NN)c2C)C1. The predicted octanol–water partition coefficient (Wildman–Crippen LogP) is 2.18. The molecule has 1 unspecified atom stereocenters. The minimum Gasteiger partial charge on any atom is -0.356 e. The second-order valence-corrected chi connectivity index (χ2v) is 5.81. The first kappa shape index (κ1) is 12.7. The van der Waals surface area contributed by atoms with Crippen LogP contribution in [0.4, 0.5) is 11.6 Å². The minimum absolute atomic E-state index is 0.552. The zero-order valence-electron chi connectivity index (χ0n) is 11.8. The van der Waals surface area contributed by atoms with E-state index in [1.165, 1.54) is 25.7 Å². The number of nitrogen functional groups attached to an aromatic ring is 1. The van der Waals surface area contributed by atoms with Crippen LogP contribution in [0, 0.1) is 12.8 Å². The molecule has 0 radical (unpaired) electrons. The lowest BCUT2D eigenvalue weighted by Gasteiger charge is -2.21. The lowest BCUT2D eigenvalue weighted by Crippen LogP contribution is -2.24. The maximum absolute atomic E-state index is 5.60. The summed E-state index contributed by atoms with van der Waals surface area (Å²) in [6.07, 6.45) is 4.94. The highest BCUT2D eigenvalue weighted by molar-refractivity contribution is 5.59. The Morgan fingerprint density at radius 1 is 1.32 bits per heavy atom. The Bertz CT molecular complexity index is 469. The summed E-state index contributed by atoms with van der Waals surface area (Å²) in [5.74, 6) is 9.79. The van der Waals surface area contributed by atoms with Crippen molar-refractivity contribution in [3.63, 3.8) is 0 Å². The molecule has 0 amide bonds. The van der Waals surface area contributed by atoms with Gasteiger partial charge in [-0.3, -0.25) is 0 Å². The summed E-state index contributed by atoms with van der Waals surface area (Å²) in [6.45, 7) is 6.54. The van der Waals surface area contributed by atoms with Crippen molar-refractivity contribution in [2.24, 2.45) is 11.8 Å². The van der Waals surface area contributed by atoms with Crippen molar-refractivity contribution in [3.05, 3.63) is 11.4 Å². The van der Waals surface area contributed by atoms with E-state index in [-0.39, 0.29) is 0 Å². The van der Waals surface area contributed by atoms with E-state index in [0.29, 0.717) is 5.92 Å². The van der Waals surface area contributed by atoms with Crippen LogP contribution in [-0.4, -0.2) is 23.1 Å². The van der Waals surface area contributed by atoms with Crippen LogP contribution < -0.4 is 16.2 Å². The summed E-state index contributed by atoms with van der Waals surface area (Å²) in [7, 11) is 0. The molecular weight excluding hydrogens is 238 g/mol. The molecule has 2 heterocycles. The summed E-state index contributed by atoms with van der Waals surface area (Å²) >= 11 is 0. The Balaban J connectivity index is 1.92. The van der Waals surface area contributed by atoms with Gasteiger partial charge in [-0.2, -0.15) is 0 Å². The number of nitrogens with two attached hydrogens (primary N) is 1. The molecule has 0 bridgehead atoms. The molecule has 5 nitrogen and oxygen atoms in total. The van der Waals surface area contributed by atoms with Gasteiger partial charge in [0, 0.05) is 24.6 Å². The second kappa shape index (κ2) is 4.96. The van der Waals surface area contributed by atoms with Crippen molar-refractivity contribution in [1.82, 2.24) is 9.97 Å². The molecule has 3 rings (SSSR count). The second-order valence-electron chi connectivity index (χ2n) is 5.81. The topological polar surface area (TPSA) is 67.1 Å². The first-order valence-electron chi connectivity index (χ1n) is 7.33. The molecule has 0 aromatic carbocycles. The zero-order chi connectivity index (χ0) is 13.4. The molecule has 1 aliphatic heterocycles. The monoisotopic (exact) mass is 261 g/mol. The van der Waals surface area contributed by atoms with Gasteiger partial charge in [0.2, 0.25) is 0 Å². The van der Waals surface area contributed by atoms with Crippen LogP contribution in [0.25, 0.3) is 0 Å². The van der Waals surface area contributed by atoms with Crippen molar-refractivity contribution >= 4 is 11.6 Å². The van der Waals surface area contributed by atoms with Gasteiger partial charge in [-0.05, 0) is 32.1 Å². The van der Waals surface area contributed by atoms with Gasteiger partial charge < -0.3 is 10.3 Å². The third kappa shape index (κ3) is 2.39. The molecule has 0 spiro atoms. The molecule has 1 saturated carbocycles. The van der Waals surface area contributed by atoms with Crippen LogP contribution in [0.2, 0.25) is 0 Å². The Morgan fingerprint density at radius 2 is 2.11 bits per heavy atom. The maximum Gasteiger partial charge on any atom is 0.148 e. The van der Waals surface area contributed by atoms with E-state index in [9.17, 15) is 0 Å². The van der Waals surface area contributed by atoms with E-state index in [1.54, 1.807) is 0 Å². The highest BCUT2D eigenvalue weighted by Gasteiger charge is 2.30. The Labute approximate surface area is 114 Å². The highest BCUT2D eigenvalue weighted by Crippen LogP contribution is 2.40. The van der Waals surface area contributed by atoms with Crippen LogP contribution in [0.15, 0.2) is 0 Å². The summed E-state index contributed by atoms with van der Waals surface area (Å²) in [5, 5.41) is 0. The van der Waals surface area contributed by atoms with Crippen molar-refractivity contribution in [2.75, 3.05) is 23.4 Å². The Kier molecular flexibility index (Phi) is 3.31. The van der Waals surface area contributed by atoms with E-state index >= 15 is 0 Å². The van der Waals surface area contributed by atoms with Crippen molar-refractivity contribution in [1.29, 1.82) is 0 Å². The molecule has 1 aromatic heterocycles. The van der Waals surface area contributed by atoms with Gasteiger partial charge in [0.15, 0.2) is 0 Å². The first-order valence-corrected chi connectivity index (χ1v) is 7.33. The average molecular weight is 261 g/mol. The summed E-state index contributed by atoms with van der Waals surface area (Å²) in [4.78, 5) is 11.8. The van der Waals surface area contributed by atoms with Gasteiger partial charge in [0.25, 0.3) is 0 Å². The molecule has 2 aliphatic rings. The Hall–Kier alpha value is -1.36. The number of rotatable bonds is 4. The largest absolute Gasteiger partial charge is 0.356 e. The molecule has 5 heteroatoms. The third-order valence-electron chi connectivity index (χ3n) is 4.38. The fourth-order valence-corrected chi connectivity index (χ4v) is 2.85. The number of hydrazine groups is 1.